The molecule has 2 aliphatic rings. The van der Waals surface area contributed by atoms with Crippen LogP contribution < -0.4 is 5.73 Å². The molecule has 34 heavy (non-hydrogen) atoms. The lowest BCUT2D eigenvalue weighted by Crippen LogP contribution is -2.49. The number of aliphatic imine (C=N–C) groups is 1. The summed E-state index contributed by atoms with van der Waals surface area (Å²) in [6.07, 6.45) is 0. The molecule has 0 aliphatic carbocycles. The molecule has 182 valence electrons. The van der Waals surface area contributed by atoms with Crippen molar-refractivity contribution in [3.63, 3.8) is 0 Å². The average molecular weight is 483 g/mol. The molecule has 0 radical (unpaired) electrons. The number of benzene rings is 2. The van der Waals surface area contributed by atoms with Gasteiger partial charge in [0.1, 0.15) is 18.5 Å². The van der Waals surface area contributed by atoms with Crippen molar-refractivity contribution >= 4 is 29.3 Å². The highest BCUT2D eigenvalue weighted by atomic mass is 32.2. The Labute approximate surface area is 206 Å². The van der Waals surface area contributed by atoms with Crippen LogP contribution in [0.25, 0.3) is 0 Å². The molecular weight excluding hydrogens is 448 g/mol. The van der Waals surface area contributed by atoms with Crippen molar-refractivity contribution in [3.05, 3.63) is 54.1 Å². The fraction of sp³-hybridized carbons (Fsp3) is 0.462. The quantitative estimate of drug-likeness (QED) is 0.456. The van der Waals surface area contributed by atoms with Gasteiger partial charge in [-0.3, -0.25) is 9.69 Å². The first-order valence-corrected chi connectivity index (χ1v) is 12.8. The highest BCUT2D eigenvalue weighted by Gasteiger charge is 2.25. The van der Waals surface area contributed by atoms with Crippen LogP contribution >= 0.6 is 11.8 Å². The first-order chi connectivity index (χ1) is 16.5. The van der Waals surface area contributed by atoms with Gasteiger partial charge < -0.3 is 20.1 Å². The van der Waals surface area contributed by atoms with E-state index in [1.807, 2.05) is 19.9 Å². The maximum atomic E-state index is 11.8. The van der Waals surface area contributed by atoms with Crippen LogP contribution in [0, 0.1) is 5.92 Å². The molecule has 1 fully saturated rings. The number of carbonyl (C=O) groups excluding carboxylic acids is 1. The summed E-state index contributed by atoms with van der Waals surface area (Å²) in [7, 11) is 0. The van der Waals surface area contributed by atoms with Crippen molar-refractivity contribution in [2.24, 2.45) is 16.6 Å². The number of hydrogen-bond acceptors (Lipinski definition) is 8. The summed E-state index contributed by atoms with van der Waals surface area (Å²) < 4.78 is 10.9. The molecule has 0 aromatic heterocycles. The maximum Gasteiger partial charge on any atom is 0.323 e. The van der Waals surface area contributed by atoms with Crippen molar-refractivity contribution in [1.29, 1.82) is 0 Å². The van der Waals surface area contributed by atoms with Crippen LogP contribution in [0.1, 0.15) is 19.4 Å². The third-order valence-corrected chi connectivity index (χ3v) is 7.27. The van der Waals surface area contributed by atoms with Gasteiger partial charge in [-0.15, -0.1) is 0 Å². The number of ether oxygens (including phenoxy) is 2. The summed E-state index contributed by atoms with van der Waals surface area (Å²) in [5.74, 6) is 0.766. The van der Waals surface area contributed by atoms with Crippen molar-refractivity contribution in [2.75, 3.05) is 52.5 Å². The van der Waals surface area contributed by atoms with Gasteiger partial charge in [-0.2, -0.15) is 0 Å². The number of amidine groups is 1. The number of rotatable bonds is 8. The van der Waals surface area contributed by atoms with Crippen LogP contribution in [0.3, 0.4) is 0 Å². The predicted molar refractivity (Wildman–Crippen MR) is 136 cm³/mol. The number of fused-ring (bicyclic) bond motifs is 2. The smallest absolute Gasteiger partial charge is 0.323 e. The largest absolute Gasteiger partial charge is 0.462 e. The lowest BCUT2D eigenvalue weighted by Gasteiger charge is -2.36. The fourth-order valence-electron chi connectivity index (χ4n) is 3.96. The minimum Gasteiger partial charge on any atom is -0.462 e. The number of para-hydroxylation sites is 1. The van der Waals surface area contributed by atoms with Gasteiger partial charge in [0.2, 0.25) is 0 Å². The molecule has 2 aromatic rings. The molecule has 2 aromatic carbocycles. The molecule has 7 nitrogen and oxygen atoms in total. The van der Waals surface area contributed by atoms with Crippen molar-refractivity contribution in [1.82, 2.24) is 9.80 Å². The molecule has 2 N–H and O–H groups in total. The molecule has 1 atom stereocenters. The van der Waals surface area contributed by atoms with Crippen LogP contribution in [0.2, 0.25) is 0 Å². The van der Waals surface area contributed by atoms with Crippen LogP contribution in [-0.4, -0.2) is 80.2 Å². The molecule has 4 rings (SSSR count). The molecule has 2 heterocycles. The topological polar surface area (TPSA) is 80.4 Å². The highest BCUT2D eigenvalue weighted by Crippen LogP contribution is 2.40. The van der Waals surface area contributed by atoms with Crippen molar-refractivity contribution < 1.29 is 14.3 Å². The van der Waals surface area contributed by atoms with Crippen LogP contribution in [0.4, 0.5) is 5.69 Å². The number of piperazine rings is 1. The van der Waals surface area contributed by atoms with E-state index in [4.69, 9.17) is 20.2 Å². The van der Waals surface area contributed by atoms with Crippen LogP contribution in [0.5, 0.6) is 0 Å². The number of nitrogens with zero attached hydrogens (tertiary/aromatic N) is 3. The summed E-state index contributed by atoms with van der Waals surface area (Å²) in [6, 6.07) is 16.3. The van der Waals surface area contributed by atoms with Gasteiger partial charge in [-0.1, -0.05) is 55.9 Å². The van der Waals surface area contributed by atoms with Gasteiger partial charge in [0, 0.05) is 48.1 Å². The molecule has 8 heteroatoms. The van der Waals surface area contributed by atoms with E-state index in [1.165, 1.54) is 15.4 Å². The summed E-state index contributed by atoms with van der Waals surface area (Å²) in [5, 5.41) is 0. The van der Waals surface area contributed by atoms with Crippen molar-refractivity contribution in [2.45, 2.75) is 29.7 Å². The van der Waals surface area contributed by atoms with Crippen LogP contribution in [0.15, 0.2) is 63.3 Å². The second-order valence-corrected chi connectivity index (χ2v) is 9.96. The normalized spacial score (nSPS) is 16.9. The monoisotopic (exact) mass is 482 g/mol. The Balaban J connectivity index is 1.25. The van der Waals surface area contributed by atoms with E-state index in [0.29, 0.717) is 13.2 Å². The van der Waals surface area contributed by atoms with E-state index in [2.05, 4.69) is 52.3 Å². The Bertz CT molecular complexity index is 1010. The van der Waals surface area contributed by atoms with E-state index in [1.54, 1.807) is 11.8 Å². The number of carbonyl (C=O) groups is 1. The number of esters is 1. The molecular formula is C26H34N4O3S. The maximum absolute atomic E-state index is 11.8. The minimum atomic E-state index is -0.576. The van der Waals surface area contributed by atoms with Gasteiger partial charge in [0.15, 0.2) is 0 Å². The van der Waals surface area contributed by atoms with E-state index in [0.717, 1.165) is 44.2 Å². The second-order valence-electron chi connectivity index (χ2n) is 8.88. The molecule has 0 unspecified atom stereocenters. The minimum absolute atomic E-state index is 0.0676. The first-order valence-electron chi connectivity index (χ1n) is 11.9. The Morgan fingerprint density at radius 2 is 1.71 bits per heavy atom. The van der Waals surface area contributed by atoms with E-state index < -0.39 is 6.04 Å². The summed E-state index contributed by atoms with van der Waals surface area (Å²) in [4.78, 5) is 24.1. The highest BCUT2D eigenvalue weighted by molar-refractivity contribution is 7.99. The van der Waals surface area contributed by atoms with Gasteiger partial charge in [0.05, 0.1) is 18.9 Å². The summed E-state index contributed by atoms with van der Waals surface area (Å²) in [6.45, 7) is 9.66. The van der Waals surface area contributed by atoms with Gasteiger partial charge >= 0.3 is 5.97 Å². The average Bonchev–Trinajstić information content (AvgIpc) is 3.02. The SMILES string of the molecule is CC(C)[C@H](N)C(=O)OCCOCCN1CCN(C2=Nc3ccccc3Sc3ccccc32)CC1. The lowest BCUT2D eigenvalue weighted by molar-refractivity contribution is -0.147. The third kappa shape index (κ3) is 6.18. The second kappa shape index (κ2) is 11.8. The Morgan fingerprint density at radius 3 is 2.47 bits per heavy atom. The molecule has 2 aliphatic heterocycles. The molecule has 0 spiro atoms. The van der Waals surface area contributed by atoms with E-state index in [-0.39, 0.29) is 18.5 Å². The summed E-state index contributed by atoms with van der Waals surface area (Å²) >= 11 is 1.79. The third-order valence-electron chi connectivity index (χ3n) is 6.13. The zero-order valence-electron chi connectivity index (χ0n) is 20.0. The Kier molecular flexibility index (Phi) is 8.61. The van der Waals surface area contributed by atoms with Crippen molar-refractivity contribution in [3.8, 4) is 0 Å². The van der Waals surface area contributed by atoms with Gasteiger partial charge in [-0.05, 0) is 24.1 Å². The van der Waals surface area contributed by atoms with E-state index >= 15 is 0 Å². The number of hydrogen-bond donors (Lipinski definition) is 1. The molecule has 0 bridgehead atoms. The molecule has 1 saturated heterocycles. The van der Waals surface area contributed by atoms with E-state index in [9.17, 15) is 4.79 Å². The Hall–Kier alpha value is -2.39. The zero-order valence-corrected chi connectivity index (χ0v) is 20.8. The molecule has 0 saturated carbocycles. The Morgan fingerprint density at radius 1 is 1.00 bits per heavy atom. The standard InChI is InChI=1S/C26H34N4O3S/c1-19(2)24(27)26(31)33-18-17-32-16-15-29-11-13-30(14-12-29)25-20-7-3-5-9-22(20)34-23-10-6-4-8-21(23)28-25/h3-10,19,24H,11-18,27H2,1-2H3/t24-/m0/s1. The zero-order chi connectivity index (χ0) is 23.9. The predicted octanol–water partition coefficient (Wildman–Crippen LogP) is 3.39. The van der Waals surface area contributed by atoms with Crippen LogP contribution in [-0.2, 0) is 14.3 Å². The molecule has 0 amide bonds. The van der Waals surface area contributed by atoms with Gasteiger partial charge in [-0.25, -0.2) is 4.99 Å². The first kappa shape index (κ1) is 24.7. The summed E-state index contributed by atoms with van der Waals surface area (Å²) in [5.41, 5.74) is 8.02. The lowest BCUT2D eigenvalue weighted by atomic mass is 10.1. The fourth-order valence-corrected chi connectivity index (χ4v) is 4.98. The number of nitrogens with two attached hydrogens (primary N) is 1. The van der Waals surface area contributed by atoms with Gasteiger partial charge in [0.25, 0.3) is 0 Å².